The van der Waals surface area contributed by atoms with E-state index in [1.165, 1.54) is 30.3 Å². The minimum Gasteiger partial charge on any atom is -0.454 e. The highest BCUT2D eigenvalue weighted by atomic mass is 32.2. The fourth-order valence-corrected chi connectivity index (χ4v) is 3.25. The molecule has 3 rings (SSSR count). The van der Waals surface area contributed by atoms with Crippen LogP contribution >= 0.6 is 11.8 Å². The van der Waals surface area contributed by atoms with Crippen LogP contribution in [-0.4, -0.2) is 18.3 Å². The molecule has 0 aliphatic carbocycles. The maximum atomic E-state index is 13.0. The van der Waals surface area contributed by atoms with E-state index in [1.807, 2.05) is 6.07 Å². The van der Waals surface area contributed by atoms with E-state index >= 15 is 0 Å². The van der Waals surface area contributed by atoms with Crippen LogP contribution in [-0.2, 0) is 6.18 Å². The first-order valence-corrected chi connectivity index (χ1v) is 9.35. The fraction of sp³-hybridized carbons (Fsp3) is 0.150. The Hall–Kier alpha value is -3.63. The monoisotopic (exact) mass is 431 g/mol. The first-order chi connectivity index (χ1) is 14.3. The number of benzene rings is 2. The Morgan fingerprint density at radius 1 is 1.13 bits per heavy atom. The molecule has 0 radical (unpaired) electrons. The van der Waals surface area contributed by atoms with Gasteiger partial charge in [0, 0.05) is 11.3 Å². The lowest BCUT2D eigenvalue weighted by atomic mass is 10.0. The highest BCUT2D eigenvalue weighted by Gasteiger charge is 2.30. The van der Waals surface area contributed by atoms with Gasteiger partial charge in [-0.1, -0.05) is 17.8 Å². The molecular formula is C20H12F3N3O3S. The predicted molar refractivity (Wildman–Crippen MR) is 103 cm³/mol. The molecule has 0 saturated heterocycles. The molecule has 0 aromatic heterocycles. The number of hydrogen-bond donors (Lipinski definition) is 1. The van der Waals surface area contributed by atoms with Gasteiger partial charge in [-0.25, -0.2) is 0 Å². The van der Waals surface area contributed by atoms with Crippen molar-refractivity contribution in [2.24, 2.45) is 0 Å². The van der Waals surface area contributed by atoms with Gasteiger partial charge in [0.05, 0.1) is 22.4 Å². The third-order valence-electron chi connectivity index (χ3n) is 3.93. The summed E-state index contributed by atoms with van der Waals surface area (Å²) in [6.45, 7) is 0.00823. The van der Waals surface area contributed by atoms with Gasteiger partial charge in [0.1, 0.15) is 11.6 Å². The number of nitrogens with one attached hydrogen (secondary N) is 1. The second-order valence-corrected chi connectivity index (χ2v) is 6.85. The fourth-order valence-electron chi connectivity index (χ4n) is 2.57. The summed E-state index contributed by atoms with van der Waals surface area (Å²) < 4.78 is 49.3. The lowest BCUT2D eigenvalue weighted by Gasteiger charge is -2.14. The van der Waals surface area contributed by atoms with E-state index < -0.39 is 17.5 Å². The summed E-state index contributed by atoms with van der Waals surface area (Å²) in [6, 6.07) is 12.4. The number of alkyl halides is 3. The van der Waals surface area contributed by atoms with E-state index in [4.69, 9.17) is 14.7 Å². The van der Waals surface area contributed by atoms with Crippen LogP contribution in [0.25, 0.3) is 0 Å². The maximum absolute atomic E-state index is 13.0. The zero-order valence-electron chi connectivity index (χ0n) is 15.1. The average molecular weight is 431 g/mol. The number of Topliss-reactive ketones (excluding diaryl/α,β-unsaturated/α-hetero) is 1. The Bertz CT molecular complexity index is 1100. The topological polar surface area (TPSA) is 95.1 Å². The van der Waals surface area contributed by atoms with Crippen molar-refractivity contribution < 1.29 is 27.4 Å². The number of allylic oxidation sites excluding steroid dienone is 1. The standard InChI is InChI=1S/C20H12F3N3O3S/c21-20(22,23)13-2-1-3-14(9-13)26-19(30-7-6-24)15(10-25)18(27)12-4-5-16-17(8-12)29-11-28-16/h1-5,8-9,26H,7,11H2/b19-15+. The molecule has 0 spiro atoms. The van der Waals surface area contributed by atoms with Gasteiger partial charge in [0.25, 0.3) is 0 Å². The van der Waals surface area contributed by atoms with Crippen molar-refractivity contribution in [2.45, 2.75) is 6.18 Å². The molecule has 0 amide bonds. The van der Waals surface area contributed by atoms with E-state index in [2.05, 4.69) is 5.32 Å². The van der Waals surface area contributed by atoms with Crippen LogP contribution in [0.4, 0.5) is 18.9 Å². The summed E-state index contributed by atoms with van der Waals surface area (Å²) in [4.78, 5) is 12.9. The first-order valence-electron chi connectivity index (χ1n) is 8.36. The Balaban J connectivity index is 1.98. The molecule has 0 bridgehead atoms. The molecule has 2 aromatic rings. The minimum atomic E-state index is -4.55. The van der Waals surface area contributed by atoms with Crippen molar-refractivity contribution in [1.82, 2.24) is 0 Å². The number of ether oxygens (including phenoxy) is 2. The number of nitriles is 2. The molecular weight excluding hydrogens is 419 g/mol. The van der Waals surface area contributed by atoms with Gasteiger partial charge in [0.15, 0.2) is 11.5 Å². The molecule has 0 saturated carbocycles. The summed E-state index contributed by atoms with van der Waals surface area (Å²) in [6.07, 6.45) is -4.55. The number of nitrogens with zero attached hydrogens (tertiary/aromatic N) is 2. The van der Waals surface area contributed by atoms with Crippen molar-refractivity contribution in [1.29, 1.82) is 10.5 Å². The van der Waals surface area contributed by atoms with Gasteiger partial charge in [0.2, 0.25) is 12.6 Å². The first kappa shape index (κ1) is 21.1. The number of ketones is 1. The van der Waals surface area contributed by atoms with Gasteiger partial charge >= 0.3 is 6.18 Å². The van der Waals surface area contributed by atoms with Gasteiger partial charge in [-0.2, -0.15) is 23.7 Å². The molecule has 1 aliphatic heterocycles. The molecule has 10 heteroatoms. The third kappa shape index (κ3) is 4.67. The highest BCUT2D eigenvalue weighted by Crippen LogP contribution is 2.35. The van der Waals surface area contributed by atoms with Crippen molar-refractivity contribution in [2.75, 3.05) is 17.9 Å². The summed E-state index contributed by atoms with van der Waals surface area (Å²) >= 11 is 0.838. The van der Waals surface area contributed by atoms with Crippen LogP contribution in [0.2, 0.25) is 0 Å². The van der Waals surface area contributed by atoms with Crippen LogP contribution in [0.1, 0.15) is 15.9 Å². The number of fused-ring (bicyclic) bond motifs is 1. The largest absolute Gasteiger partial charge is 0.454 e. The van der Waals surface area contributed by atoms with E-state index in [1.54, 1.807) is 6.07 Å². The smallest absolute Gasteiger partial charge is 0.416 e. The molecule has 0 atom stereocenters. The molecule has 1 heterocycles. The highest BCUT2D eigenvalue weighted by molar-refractivity contribution is 8.03. The Morgan fingerprint density at radius 2 is 1.90 bits per heavy atom. The molecule has 0 fully saturated rings. The van der Waals surface area contributed by atoms with Crippen molar-refractivity contribution in [3.63, 3.8) is 0 Å². The third-order valence-corrected chi connectivity index (χ3v) is 4.80. The Labute approximate surface area is 173 Å². The van der Waals surface area contributed by atoms with E-state index in [0.717, 1.165) is 23.9 Å². The van der Waals surface area contributed by atoms with Crippen LogP contribution in [0.5, 0.6) is 11.5 Å². The summed E-state index contributed by atoms with van der Waals surface area (Å²) in [7, 11) is 0. The van der Waals surface area contributed by atoms with Gasteiger partial charge < -0.3 is 14.8 Å². The molecule has 0 unspecified atom stereocenters. The van der Waals surface area contributed by atoms with Gasteiger partial charge in [-0.15, -0.1) is 0 Å². The Kier molecular flexibility index (Phi) is 6.19. The van der Waals surface area contributed by atoms with Crippen molar-refractivity contribution >= 4 is 23.2 Å². The van der Waals surface area contributed by atoms with Crippen molar-refractivity contribution in [3.8, 4) is 23.6 Å². The second kappa shape index (κ2) is 8.80. The van der Waals surface area contributed by atoms with Gasteiger partial charge in [-0.3, -0.25) is 4.79 Å². The van der Waals surface area contributed by atoms with Crippen molar-refractivity contribution in [3.05, 3.63) is 64.2 Å². The van der Waals surface area contributed by atoms with E-state index in [0.29, 0.717) is 11.5 Å². The lowest BCUT2D eigenvalue weighted by Crippen LogP contribution is -2.10. The number of carbonyl (C=O) groups excluding carboxylic acids is 1. The van der Waals surface area contributed by atoms with E-state index in [9.17, 15) is 23.2 Å². The lowest BCUT2D eigenvalue weighted by molar-refractivity contribution is -0.137. The molecule has 1 aliphatic rings. The average Bonchev–Trinajstić information content (AvgIpc) is 3.19. The zero-order chi connectivity index (χ0) is 21.7. The zero-order valence-corrected chi connectivity index (χ0v) is 15.9. The predicted octanol–water partition coefficient (Wildman–Crippen LogP) is 4.72. The number of carbonyl (C=O) groups is 1. The molecule has 30 heavy (non-hydrogen) atoms. The van der Waals surface area contributed by atoms with Gasteiger partial charge in [-0.05, 0) is 36.4 Å². The molecule has 2 aromatic carbocycles. The van der Waals surface area contributed by atoms with Crippen LogP contribution in [0.3, 0.4) is 0 Å². The van der Waals surface area contributed by atoms with E-state index in [-0.39, 0.29) is 34.4 Å². The minimum absolute atomic E-state index is 0.00823. The molecule has 152 valence electrons. The summed E-state index contributed by atoms with van der Waals surface area (Å²) in [5.41, 5.74) is -1.07. The maximum Gasteiger partial charge on any atom is 0.416 e. The quantitative estimate of drug-likeness (QED) is 0.402. The SMILES string of the molecule is N#CCS/C(Nc1cccc(C(F)(F)F)c1)=C(\C#N)C(=O)c1ccc2c(c1)OCO2. The number of anilines is 1. The summed E-state index contributed by atoms with van der Waals surface area (Å²) in [5, 5.41) is 21.1. The number of thioether (sulfide) groups is 1. The summed E-state index contributed by atoms with van der Waals surface area (Å²) in [5.74, 6) is 0.00193. The normalized spacial score (nSPS) is 13.1. The molecule has 1 N–H and O–H groups in total. The van der Waals surface area contributed by atoms with Crippen LogP contribution in [0, 0.1) is 22.7 Å². The second-order valence-electron chi connectivity index (χ2n) is 5.86. The number of rotatable bonds is 6. The number of halogens is 3. The molecule has 6 nitrogen and oxygen atoms in total. The van der Waals surface area contributed by atoms with Crippen LogP contribution in [0.15, 0.2) is 53.1 Å². The van der Waals surface area contributed by atoms with Crippen LogP contribution < -0.4 is 14.8 Å². The Morgan fingerprint density at radius 3 is 2.60 bits per heavy atom. The number of hydrogen-bond acceptors (Lipinski definition) is 7.